The number of hydrogen-bond donors (Lipinski definition) is 2. The van der Waals surface area contributed by atoms with Gasteiger partial charge in [-0.15, -0.1) is 0 Å². The number of carbonyl (C=O) groups is 2. The molecule has 7 nitrogen and oxygen atoms in total. The Bertz CT molecular complexity index is 1100. The van der Waals surface area contributed by atoms with E-state index in [0.29, 0.717) is 38.7 Å². The third-order valence-electron chi connectivity index (χ3n) is 3.99. The van der Waals surface area contributed by atoms with E-state index in [0.717, 1.165) is 0 Å². The van der Waals surface area contributed by atoms with Gasteiger partial charge in [0.15, 0.2) is 5.58 Å². The molecule has 3 rings (SSSR count). The predicted molar refractivity (Wildman–Crippen MR) is 114 cm³/mol. The first-order valence-corrected chi connectivity index (χ1v) is 9.87. The van der Waals surface area contributed by atoms with Crippen LogP contribution in [0.15, 0.2) is 34.7 Å². The predicted octanol–water partition coefficient (Wildman–Crippen LogP) is 5.57. The van der Waals surface area contributed by atoms with Gasteiger partial charge in [-0.05, 0) is 63.1 Å². The number of amides is 1. The summed E-state index contributed by atoms with van der Waals surface area (Å²) in [5, 5.41) is 12.9. The number of aromatic carboxylic acids is 1. The summed E-state index contributed by atoms with van der Waals surface area (Å²) in [5.41, 5.74) is 1.44. The maximum Gasteiger partial charge on any atom is 0.407 e. The van der Waals surface area contributed by atoms with Crippen molar-refractivity contribution in [3.8, 4) is 11.5 Å². The number of alkyl carbamates (subject to hydrolysis) is 1. The molecule has 0 saturated carbocycles. The van der Waals surface area contributed by atoms with Gasteiger partial charge in [0.05, 0.1) is 5.56 Å². The summed E-state index contributed by atoms with van der Waals surface area (Å²) in [7, 11) is 0. The molecule has 0 unspecified atom stereocenters. The Kier molecular flexibility index (Phi) is 6.24. The lowest BCUT2D eigenvalue weighted by atomic mass is 10.1. The molecule has 1 aromatic heterocycles. The molecular formula is C21H20Cl2N2O5. The van der Waals surface area contributed by atoms with Crippen LogP contribution in [-0.4, -0.2) is 34.3 Å². The molecule has 1 heterocycles. The fourth-order valence-electron chi connectivity index (χ4n) is 2.83. The van der Waals surface area contributed by atoms with E-state index in [1.807, 2.05) is 0 Å². The Morgan fingerprint density at radius 3 is 2.40 bits per heavy atom. The molecule has 0 fully saturated rings. The lowest BCUT2D eigenvalue weighted by Crippen LogP contribution is -2.33. The molecule has 9 heteroatoms. The van der Waals surface area contributed by atoms with E-state index in [2.05, 4.69) is 10.3 Å². The second kappa shape index (κ2) is 8.53. The number of ether oxygens (including phenoxy) is 1. The number of oxazole rings is 1. The Labute approximate surface area is 182 Å². The standard InChI is InChI=1S/C21H20Cl2N2O5/c1-21(2,3)30-20(28)24-5-4-11-6-13(19(26)27)9-16-17(11)25-18(29-16)12-7-14(22)10-15(23)8-12/h6-10H,4-5H2,1-3H3,(H,24,28)(H,26,27). The molecule has 1 amide bonds. The minimum absolute atomic E-state index is 0.0570. The Hall–Kier alpha value is -2.77. The molecule has 158 valence electrons. The van der Waals surface area contributed by atoms with Crippen LogP contribution in [-0.2, 0) is 11.2 Å². The highest BCUT2D eigenvalue weighted by molar-refractivity contribution is 6.35. The quantitative estimate of drug-likeness (QED) is 0.526. The highest BCUT2D eigenvalue weighted by atomic mass is 35.5. The first-order valence-electron chi connectivity index (χ1n) is 9.12. The Balaban J connectivity index is 1.91. The van der Waals surface area contributed by atoms with Gasteiger partial charge in [0.25, 0.3) is 0 Å². The van der Waals surface area contributed by atoms with E-state index in [4.69, 9.17) is 32.4 Å². The SMILES string of the molecule is CC(C)(C)OC(=O)NCCc1cc(C(=O)O)cc2oc(-c3cc(Cl)cc(Cl)c3)nc12. The molecule has 0 aliphatic carbocycles. The number of fused-ring (bicyclic) bond motifs is 1. The van der Waals surface area contributed by atoms with Crippen LogP contribution in [0.3, 0.4) is 0 Å². The molecule has 0 saturated heterocycles. The van der Waals surface area contributed by atoms with Crippen molar-refractivity contribution in [1.82, 2.24) is 10.3 Å². The number of nitrogens with one attached hydrogen (secondary N) is 1. The van der Waals surface area contributed by atoms with Crippen molar-refractivity contribution in [1.29, 1.82) is 0 Å². The summed E-state index contributed by atoms with van der Waals surface area (Å²) in [4.78, 5) is 27.9. The molecule has 0 atom stereocenters. The minimum atomic E-state index is -1.10. The maximum atomic E-state index is 11.9. The maximum absolute atomic E-state index is 11.9. The number of nitrogens with zero attached hydrogens (tertiary/aromatic N) is 1. The molecule has 2 N–H and O–H groups in total. The van der Waals surface area contributed by atoms with Crippen molar-refractivity contribution in [3.05, 3.63) is 51.5 Å². The molecule has 30 heavy (non-hydrogen) atoms. The molecule has 0 aliphatic heterocycles. The van der Waals surface area contributed by atoms with Crippen LogP contribution in [0.4, 0.5) is 4.79 Å². The van der Waals surface area contributed by atoms with E-state index in [1.54, 1.807) is 39.0 Å². The van der Waals surface area contributed by atoms with Gasteiger partial charge in [0.2, 0.25) is 5.89 Å². The molecule has 0 radical (unpaired) electrons. The van der Waals surface area contributed by atoms with E-state index in [9.17, 15) is 14.7 Å². The van der Waals surface area contributed by atoms with Crippen molar-refractivity contribution >= 4 is 46.4 Å². The van der Waals surface area contributed by atoms with Crippen LogP contribution < -0.4 is 5.32 Å². The number of rotatable bonds is 5. The first-order chi connectivity index (χ1) is 14.0. The van der Waals surface area contributed by atoms with Crippen LogP contribution in [0.25, 0.3) is 22.6 Å². The number of carboxylic acids is 1. The lowest BCUT2D eigenvalue weighted by Gasteiger charge is -2.19. The normalized spacial score (nSPS) is 11.5. The zero-order valence-corrected chi connectivity index (χ0v) is 18.1. The number of hydrogen-bond acceptors (Lipinski definition) is 5. The highest BCUT2D eigenvalue weighted by Gasteiger charge is 2.18. The van der Waals surface area contributed by atoms with Crippen molar-refractivity contribution < 1.29 is 23.8 Å². The largest absolute Gasteiger partial charge is 0.478 e. The van der Waals surface area contributed by atoms with Gasteiger partial charge in [0.1, 0.15) is 11.1 Å². The number of aromatic nitrogens is 1. The second-order valence-electron chi connectivity index (χ2n) is 7.64. The van der Waals surface area contributed by atoms with Gasteiger partial charge in [-0.3, -0.25) is 0 Å². The van der Waals surface area contributed by atoms with Gasteiger partial charge in [0, 0.05) is 22.2 Å². The van der Waals surface area contributed by atoms with Crippen LogP contribution in [0.1, 0.15) is 36.7 Å². The summed E-state index contributed by atoms with van der Waals surface area (Å²) < 4.78 is 11.0. The topological polar surface area (TPSA) is 102 Å². The van der Waals surface area contributed by atoms with Gasteiger partial charge in [-0.2, -0.15) is 0 Å². The van der Waals surface area contributed by atoms with E-state index in [-0.39, 0.29) is 18.0 Å². The summed E-state index contributed by atoms with van der Waals surface area (Å²) in [5.74, 6) is -0.833. The average molecular weight is 451 g/mol. The number of carbonyl (C=O) groups excluding carboxylic acids is 1. The summed E-state index contributed by atoms with van der Waals surface area (Å²) in [6, 6.07) is 7.81. The van der Waals surface area contributed by atoms with Gasteiger partial charge in [-0.25, -0.2) is 14.6 Å². The zero-order valence-electron chi connectivity index (χ0n) is 16.6. The fraction of sp³-hybridized carbons (Fsp3) is 0.286. The number of carboxylic acid groups (broad SMARTS) is 1. The van der Waals surface area contributed by atoms with Crippen LogP contribution in [0.5, 0.6) is 0 Å². The summed E-state index contributed by atoms with van der Waals surface area (Å²) >= 11 is 12.1. The highest BCUT2D eigenvalue weighted by Crippen LogP contribution is 2.31. The number of benzene rings is 2. The van der Waals surface area contributed by atoms with Crippen LogP contribution >= 0.6 is 23.2 Å². The van der Waals surface area contributed by atoms with Crippen molar-refractivity contribution in [2.45, 2.75) is 32.8 Å². The second-order valence-corrected chi connectivity index (χ2v) is 8.52. The molecule has 0 aliphatic rings. The van der Waals surface area contributed by atoms with Gasteiger partial charge in [-0.1, -0.05) is 23.2 Å². The molecule has 0 spiro atoms. The first kappa shape index (κ1) is 21.9. The summed E-state index contributed by atoms with van der Waals surface area (Å²) in [6.45, 7) is 5.54. The van der Waals surface area contributed by atoms with Crippen molar-refractivity contribution in [3.63, 3.8) is 0 Å². The molecule has 0 bridgehead atoms. The van der Waals surface area contributed by atoms with Crippen LogP contribution in [0, 0.1) is 0 Å². The van der Waals surface area contributed by atoms with E-state index in [1.165, 1.54) is 12.1 Å². The zero-order chi connectivity index (χ0) is 22.1. The van der Waals surface area contributed by atoms with Gasteiger partial charge < -0.3 is 19.6 Å². The lowest BCUT2D eigenvalue weighted by molar-refractivity contribution is 0.0527. The molecule has 2 aromatic carbocycles. The Morgan fingerprint density at radius 1 is 1.13 bits per heavy atom. The third-order valence-corrected chi connectivity index (χ3v) is 4.43. The average Bonchev–Trinajstić information content (AvgIpc) is 3.03. The number of halogens is 2. The van der Waals surface area contributed by atoms with Crippen molar-refractivity contribution in [2.24, 2.45) is 0 Å². The molecular weight excluding hydrogens is 431 g/mol. The Morgan fingerprint density at radius 2 is 1.80 bits per heavy atom. The van der Waals surface area contributed by atoms with E-state index < -0.39 is 17.7 Å². The van der Waals surface area contributed by atoms with Crippen molar-refractivity contribution in [2.75, 3.05) is 6.54 Å². The summed E-state index contributed by atoms with van der Waals surface area (Å²) in [6.07, 6.45) is -0.221. The minimum Gasteiger partial charge on any atom is -0.478 e. The fourth-order valence-corrected chi connectivity index (χ4v) is 3.35. The molecule has 3 aromatic rings. The third kappa shape index (κ3) is 5.43. The van der Waals surface area contributed by atoms with Gasteiger partial charge >= 0.3 is 12.1 Å². The van der Waals surface area contributed by atoms with E-state index >= 15 is 0 Å². The monoisotopic (exact) mass is 450 g/mol. The smallest absolute Gasteiger partial charge is 0.407 e. The van der Waals surface area contributed by atoms with Crippen LogP contribution in [0.2, 0.25) is 10.0 Å².